The van der Waals surface area contributed by atoms with Gasteiger partial charge in [0.1, 0.15) is 11.6 Å². The zero-order valence-corrected chi connectivity index (χ0v) is 10.0. The van der Waals surface area contributed by atoms with E-state index in [1.807, 2.05) is 6.92 Å². The van der Waals surface area contributed by atoms with E-state index in [2.05, 4.69) is 10.2 Å². The third-order valence-electron chi connectivity index (χ3n) is 2.15. The van der Waals surface area contributed by atoms with Crippen molar-refractivity contribution in [3.05, 3.63) is 41.9 Å². The van der Waals surface area contributed by atoms with Crippen molar-refractivity contribution in [2.45, 2.75) is 24.0 Å². The highest BCUT2D eigenvalue weighted by atomic mass is 32.2. The van der Waals surface area contributed by atoms with Crippen molar-refractivity contribution in [2.24, 2.45) is 0 Å². The molecule has 0 N–H and O–H groups in total. The molecule has 0 spiro atoms. The van der Waals surface area contributed by atoms with Crippen LogP contribution in [0.25, 0.3) is 0 Å². The number of aromatic nitrogens is 2. The van der Waals surface area contributed by atoms with Gasteiger partial charge in [-0.15, -0.1) is 10.2 Å². The summed E-state index contributed by atoms with van der Waals surface area (Å²) < 4.78 is 30.5. The molecule has 1 unspecified atom stereocenters. The molecular weight excluding hydrogens is 243 g/mol. The Morgan fingerprint density at radius 2 is 2.00 bits per heavy atom. The minimum Gasteiger partial charge on any atom is -0.424 e. The highest BCUT2D eigenvalue weighted by Crippen LogP contribution is 2.15. The van der Waals surface area contributed by atoms with E-state index in [1.54, 1.807) is 12.1 Å². The van der Waals surface area contributed by atoms with Crippen LogP contribution in [0.4, 0.5) is 4.39 Å². The minimum absolute atomic E-state index is 0.0356. The summed E-state index contributed by atoms with van der Waals surface area (Å²) in [7, 11) is -1.51. The molecule has 0 fully saturated rings. The van der Waals surface area contributed by atoms with Gasteiger partial charge in [0.05, 0.1) is 15.7 Å². The molecule has 0 aliphatic carbocycles. The van der Waals surface area contributed by atoms with Crippen molar-refractivity contribution in [3.63, 3.8) is 0 Å². The number of rotatable bonds is 4. The predicted molar refractivity (Wildman–Crippen MR) is 60.2 cm³/mol. The van der Waals surface area contributed by atoms with Crippen LogP contribution >= 0.6 is 0 Å². The third kappa shape index (κ3) is 2.76. The highest BCUT2D eigenvalue weighted by Gasteiger charge is 2.13. The van der Waals surface area contributed by atoms with Gasteiger partial charge in [-0.2, -0.15) is 0 Å². The number of halogens is 1. The van der Waals surface area contributed by atoms with E-state index in [1.165, 1.54) is 12.1 Å². The monoisotopic (exact) mass is 254 g/mol. The Hall–Kier alpha value is -1.56. The first-order valence-corrected chi connectivity index (χ1v) is 6.46. The minimum atomic E-state index is -1.51. The van der Waals surface area contributed by atoms with Gasteiger partial charge in [-0.3, -0.25) is 4.21 Å². The number of aryl methyl sites for hydroxylation is 1. The largest absolute Gasteiger partial charge is 0.424 e. The lowest BCUT2D eigenvalue weighted by Gasteiger charge is -2.00. The van der Waals surface area contributed by atoms with Crippen LogP contribution in [0.15, 0.2) is 33.6 Å². The molecule has 0 aliphatic heterocycles. The van der Waals surface area contributed by atoms with Gasteiger partial charge in [0.25, 0.3) is 0 Å². The smallest absolute Gasteiger partial charge is 0.229 e. The van der Waals surface area contributed by atoms with E-state index in [9.17, 15) is 8.60 Å². The van der Waals surface area contributed by atoms with Gasteiger partial charge in [0, 0.05) is 6.42 Å². The Morgan fingerprint density at radius 3 is 2.65 bits per heavy atom. The molecular formula is C11H11FN2O2S. The SMILES string of the molecule is CCc1nnc(CS(=O)c2ccccc2F)o1. The van der Waals surface area contributed by atoms with E-state index in [0.717, 1.165) is 0 Å². The summed E-state index contributed by atoms with van der Waals surface area (Å²) in [5.74, 6) is 0.309. The second kappa shape index (κ2) is 5.18. The maximum atomic E-state index is 13.4. The van der Waals surface area contributed by atoms with Gasteiger partial charge in [-0.05, 0) is 12.1 Å². The summed E-state index contributed by atoms with van der Waals surface area (Å²) in [6.07, 6.45) is 0.624. The van der Waals surface area contributed by atoms with Crippen molar-refractivity contribution in [1.82, 2.24) is 10.2 Å². The van der Waals surface area contributed by atoms with Crippen LogP contribution in [0.1, 0.15) is 18.7 Å². The van der Waals surface area contributed by atoms with Crippen LogP contribution in [0.5, 0.6) is 0 Å². The Morgan fingerprint density at radius 1 is 1.29 bits per heavy atom. The average molecular weight is 254 g/mol. The first-order valence-electron chi connectivity index (χ1n) is 5.15. The Balaban J connectivity index is 2.14. The molecule has 1 aromatic heterocycles. The third-order valence-corrected chi connectivity index (χ3v) is 3.48. The topological polar surface area (TPSA) is 56.0 Å². The number of nitrogens with zero attached hydrogens (tertiary/aromatic N) is 2. The fourth-order valence-corrected chi connectivity index (χ4v) is 2.32. The van der Waals surface area contributed by atoms with Crippen LogP contribution in [0, 0.1) is 5.82 Å². The first kappa shape index (κ1) is 11.9. The van der Waals surface area contributed by atoms with Crippen molar-refractivity contribution >= 4 is 10.8 Å². The van der Waals surface area contributed by atoms with Crippen LogP contribution in [-0.2, 0) is 23.0 Å². The lowest BCUT2D eigenvalue weighted by atomic mass is 10.3. The first-order chi connectivity index (χ1) is 8.20. The highest BCUT2D eigenvalue weighted by molar-refractivity contribution is 7.84. The molecule has 1 aromatic carbocycles. The fraction of sp³-hybridized carbons (Fsp3) is 0.273. The maximum absolute atomic E-state index is 13.4. The summed E-state index contributed by atoms with van der Waals surface area (Å²) >= 11 is 0. The van der Waals surface area contributed by atoms with Gasteiger partial charge < -0.3 is 4.42 Å². The molecule has 0 amide bonds. The van der Waals surface area contributed by atoms with Gasteiger partial charge in [0.2, 0.25) is 11.8 Å². The summed E-state index contributed by atoms with van der Waals surface area (Å²) in [6.45, 7) is 1.88. The van der Waals surface area contributed by atoms with Gasteiger partial charge in [0.15, 0.2) is 0 Å². The van der Waals surface area contributed by atoms with Crippen LogP contribution < -0.4 is 0 Å². The molecule has 2 aromatic rings. The maximum Gasteiger partial charge on any atom is 0.229 e. The normalized spacial score (nSPS) is 12.6. The lowest BCUT2D eigenvalue weighted by Crippen LogP contribution is -1.99. The van der Waals surface area contributed by atoms with Gasteiger partial charge >= 0.3 is 0 Å². The fourth-order valence-electron chi connectivity index (χ4n) is 1.31. The number of hydrogen-bond donors (Lipinski definition) is 0. The van der Waals surface area contributed by atoms with E-state index < -0.39 is 16.6 Å². The van der Waals surface area contributed by atoms with E-state index in [4.69, 9.17) is 4.42 Å². The predicted octanol–water partition coefficient (Wildman–Crippen LogP) is 2.08. The van der Waals surface area contributed by atoms with Crippen molar-refractivity contribution < 1.29 is 13.0 Å². The van der Waals surface area contributed by atoms with Gasteiger partial charge in [-0.25, -0.2) is 4.39 Å². The molecule has 0 radical (unpaired) electrons. The second-order valence-electron chi connectivity index (χ2n) is 3.36. The molecule has 90 valence electrons. The molecule has 0 saturated heterocycles. The summed E-state index contributed by atoms with van der Waals surface area (Å²) in [6, 6.07) is 5.96. The zero-order chi connectivity index (χ0) is 12.3. The van der Waals surface area contributed by atoms with Crippen molar-refractivity contribution in [2.75, 3.05) is 0 Å². The van der Waals surface area contributed by atoms with E-state index in [-0.39, 0.29) is 16.5 Å². The van der Waals surface area contributed by atoms with Gasteiger partial charge in [-0.1, -0.05) is 19.1 Å². The summed E-state index contributed by atoms with van der Waals surface area (Å²) in [5, 5.41) is 7.51. The molecule has 4 nitrogen and oxygen atoms in total. The van der Waals surface area contributed by atoms with Crippen LogP contribution in [0.3, 0.4) is 0 Å². The summed E-state index contributed by atoms with van der Waals surface area (Å²) in [4.78, 5) is 0.156. The molecule has 0 saturated carbocycles. The quantitative estimate of drug-likeness (QED) is 0.838. The van der Waals surface area contributed by atoms with E-state index in [0.29, 0.717) is 12.3 Å². The summed E-state index contributed by atoms with van der Waals surface area (Å²) in [5.41, 5.74) is 0. The zero-order valence-electron chi connectivity index (χ0n) is 9.22. The van der Waals surface area contributed by atoms with Crippen molar-refractivity contribution in [3.8, 4) is 0 Å². The molecule has 1 atom stereocenters. The van der Waals surface area contributed by atoms with Crippen LogP contribution in [0.2, 0.25) is 0 Å². The molecule has 0 bridgehead atoms. The lowest BCUT2D eigenvalue weighted by molar-refractivity contribution is 0.468. The molecule has 6 heteroatoms. The Bertz CT molecular complexity index is 542. The number of benzene rings is 1. The van der Waals surface area contributed by atoms with E-state index >= 15 is 0 Å². The Labute approximate surface area is 100 Å². The Kier molecular flexibility index (Phi) is 3.63. The second-order valence-corrected chi connectivity index (χ2v) is 4.78. The molecule has 2 rings (SSSR count). The average Bonchev–Trinajstić information content (AvgIpc) is 2.77. The van der Waals surface area contributed by atoms with Crippen LogP contribution in [-0.4, -0.2) is 14.4 Å². The number of hydrogen-bond acceptors (Lipinski definition) is 4. The van der Waals surface area contributed by atoms with Crippen molar-refractivity contribution in [1.29, 1.82) is 0 Å². The molecule has 0 aliphatic rings. The molecule has 17 heavy (non-hydrogen) atoms. The molecule has 1 heterocycles. The standard InChI is InChI=1S/C11H11FN2O2S/c1-2-10-13-14-11(16-10)7-17(15)9-6-4-3-5-8(9)12/h3-6H,2,7H2,1H3.